The molecule has 0 aromatic carbocycles. The van der Waals surface area contributed by atoms with E-state index >= 15 is 0 Å². The predicted molar refractivity (Wildman–Crippen MR) is 98.6 cm³/mol. The molecule has 1 atom stereocenters. The van der Waals surface area contributed by atoms with Gasteiger partial charge in [0.15, 0.2) is 0 Å². The van der Waals surface area contributed by atoms with Crippen molar-refractivity contribution >= 4 is 12.1 Å². The lowest BCUT2D eigenvalue weighted by Gasteiger charge is -2.41. The second kappa shape index (κ2) is 8.77. The molecule has 2 saturated carbocycles. The summed E-state index contributed by atoms with van der Waals surface area (Å²) < 4.78 is 0. The minimum Gasteiger partial charge on any atom is -0.335 e. The maximum Gasteiger partial charge on any atom is 0.317 e. The molecule has 0 aromatic heterocycles. The van der Waals surface area contributed by atoms with Gasteiger partial charge in [-0.05, 0) is 32.6 Å². The summed E-state index contributed by atoms with van der Waals surface area (Å²) in [4.78, 5) is 28.8. The van der Waals surface area contributed by atoms with Crippen molar-refractivity contribution in [2.75, 3.05) is 19.6 Å². The highest BCUT2D eigenvalue weighted by molar-refractivity contribution is 5.77. The average molecular weight is 351 g/mol. The Morgan fingerprint density at radius 2 is 1.28 bits per heavy atom. The Morgan fingerprint density at radius 1 is 0.760 bits per heavy atom. The molecule has 0 spiro atoms. The second-order valence-corrected chi connectivity index (χ2v) is 8.06. The molecule has 2 N–H and O–H groups in total. The molecule has 142 valence electrons. The Morgan fingerprint density at radius 3 is 1.80 bits per heavy atom. The minimum atomic E-state index is 0.0473. The van der Waals surface area contributed by atoms with Crippen LogP contribution in [0.4, 0.5) is 9.59 Å². The number of amides is 4. The zero-order valence-corrected chi connectivity index (χ0v) is 15.6. The van der Waals surface area contributed by atoms with Crippen LogP contribution in [0, 0.1) is 0 Å². The molecule has 0 bridgehead atoms. The molecule has 6 heteroatoms. The number of carbonyl (C=O) groups is 2. The SMILES string of the molecule is C[C@@H]1CN(C(=O)NC2CCCCC2)CCN1C(=O)NC1CCCCC1. The smallest absolute Gasteiger partial charge is 0.317 e. The number of rotatable bonds is 2. The number of urea groups is 2. The van der Waals surface area contributed by atoms with Crippen molar-refractivity contribution in [3.63, 3.8) is 0 Å². The zero-order chi connectivity index (χ0) is 17.6. The Labute approximate surface area is 151 Å². The number of nitrogens with zero attached hydrogens (tertiary/aromatic N) is 2. The van der Waals surface area contributed by atoms with Crippen molar-refractivity contribution in [2.45, 2.75) is 89.3 Å². The highest BCUT2D eigenvalue weighted by atomic mass is 16.2. The lowest BCUT2D eigenvalue weighted by molar-refractivity contribution is 0.107. The van der Waals surface area contributed by atoms with Crippen LogP contribution in [0.25, 0.3) is 0 Å². The van der Waals surface area contributed by atoms with E-state index in [0.29, 0.717) is 31.7 Å². The van der Waals surface area contributed by atoms with Gasteiger partial charge in [0.1, 0.15) is 0 Å². The molecule has 1 saturated heterocycles. The molecule has 0 aromatic rings. The third-order valence-corrected chi connectivity index (χ3v) is 6.04. The third kappa shape index (κ3) is 5.02. The molecule has 4 amide bonds. The topological polar surface area (TPSA) is 64.7 Å². The molecule has 1 heterocycles. The first-order valence-corrected chi connectivity index (χ1v) is 10.3. The van der Waals surface area contributed by atoms with Gasteiger partial charge in [0.25, 0.3) is 0 Å². The molecule has 3 rings (SSSR count). The standard InChI is InChI=1S/C19H34N4O2/c1-15-14-22(18(24)20-16-8-4-2-5-9-16)12-13-23(15)19(25)21-17-10-6-3-7-11-17/h15-17H,2-14H2,1H3,(H,20,24)(H,21,25)/t15-/m1/s1. The highest BCUT2D eigenvalue weighted by Crippen LogP contribution is 2.20. The van der Waals surface area contributed by atoms with E-state index in [-0.39, 0.29) is 18.1 Å². The van der Waals surface area contributed by atoms with E-state index in [2.05, 4.69) is 10.6 Å². The van der Waals surface area contributed by atoms with E-state index < -0.39 is 0 Å². The van der Waals surface area contributed by atoms with E-state index in [1.54, 1.807) is 0 Å². The molecule has 25 heavy (non-hydrogen) atoms. The van der Waals surface area contributed by atoms with Crippen LogP contribution in [0.5, 0.6) is 0 Å². The number of carbonyl (C=O) groups excluding carboxylic acids is 2. The van der Waals surface area contributed by atoms with Crippen molar-refractivity contribution in [1.29, 1.82) is 0 Å². The van der Waals surface area contributed by atoms with E-state index in [9.17, 15) is 9.59 Å². The van der Waals surface area contributed by atoms with Crippen LogP contribution in [0.1, 0.15) is 71.1 Å². The third-order valence-electron chi connectivity index (χ3n) is 6.04. The molecule has 0 unspecified atom stereocenters. The molecular formula is C19H34N4O2. The summed E-state index contributed by atoms with van der Waals surface area (Å²) in [7, 11) is 0. The summed E-state index contributed by atoms with van der Waals surface area (Å²) in [5.74, 6) is 0. The predicted octanol–water partition coefficient (Wildman–Crippen LogP) is 3.08. The summed E-state index contributed by atoms with van der Waals surface area (Å²) in [6.07, 6.45) is 11.9. The van der Waals surface area contributed by atoms with Crippen LogP contribution in [0.3, 0.4) is 0 Å². The first-order chi connectivity index (χ1) is 12.1. The largest absolute Gasteiger partial charge is 0.335 e. The van der Waals surface area contributed by atoms with Crippen molar-refractivity contribution in [2.24, 2.45) is 0 Å². The van der Waals surface area contributed by atoms with Gasteiger partial charge in [-0.15, -0.1) is 0 Å². The Hall–Kier alpha value is -1.46. The fraction of sp³-hybridized carbons (Fsp3) is 0.895. The van der Waals surface area contributed by atoms with Crippen LogP contribution < -0.4 is 10.6 Å². The van der Waals surface area contributed by atoms with Crippen molar-refractivity contribution in [3.05, 3.63) is 0 Å². The van der Waals surface area contributed by atoms with Crippen LogP contribution in [-0.2, 0) is 0 Å². The minimum absolute atomic E-state index is 0.0473. The van der Waals surface area contributed by atoms with Crippen LogP contribution in [-0.4, -0.2) is 59.6 Å². The molecule has 3 aliphatic rings. The number of piperazine rings is 1. The molecule has 3 fully saturated rings. The zero-order valence-electron chi connectivity index (χ0n) is 15.6. The van der Waals surface area contributed by atoms with E-state index in [1.165, 1.54) is 38.5 Å². The summed E-state index contributed by atoms with van der Waals surface area (Å²) in [5, 5.41) is 6.38. The molecule has 2 aliphatic carbocycles. The van der Waals surface area contributed by atoms with Gasteiger partial charge in [-0.1, -0.05) is 38.5 Å². The molecular weight excluding hydrogens is 316 g/mol. The van der Waals surface area contributed by atoms with Gasteiger partial charge in [0.2, 0.25) is 0 Å². The van der Waals surface area contributed by atoms with Gasteiger partial charge in [-0.2, -0.15) is 0 Å². The van der Waals surface area contributed by atoms with Gasteiger partial charge in [-0.25, -0.2) is 9.59 Å². The van der Waals surface area contributed by atoms with E-state index in [0.717, 1.165) is 25.7 Å². The van der Waals surface area contributed by atoms with Gasteiger partial charge in [-0.3, -0.25) is 0 Å². The summed E-state index contributed by atoms with van der Waals surface area (Å²) >= 11 is 0. The maximum absolute atomic E-state index is 12.6. The fourth-order valence-corrected chi connectivity index (χ4v) is 4.46. The Bertz CT molecular complexity index is 458. The molecule has 6 nitrogen and oxygen atoms in total. The first-order valence-electron chi connectivity index (χ1n) is 10.3. The lowest BCUT2D eigenvalue weighted by Crippen LogP contribution is -2.60. The highest BCUT2D eigenvalue weighted by Gasteiger charge is 2.31. The summed E-state index contributed by atoms with van der Waals surface area (Å²) in [5.41, 5.74) is 0. The summed E-state index contributed by atoms with van der Waals surface area (Å²) in [6, 6.07) is 0.831. The molecule has 0 radical (unpaired) electrons. The van der Waals surface area contributed by atoms with E-state index in [4.69, 9.17) is 0 Å². The van der Waals surface area contributed by atoms with Crippen molar-refractivity contribution < 1.29 is 9.59 Å². The monoisotopic (exact) mass is 350 g/mol. The average Bonchev–Trinajstić information content (AvgIpc) is 2.63. The van der Waals surface area contributed by atoms with Gasteiger partial charge in [0, 0.05) is 37.8 Å². The van der Waals surface area contributed by atoms with Crippen LogP contribution in [0.15, 0.2) is 0 Å². The molecule has 1 aliphatic heterocycles. The lowest BCUT2D eigenvalue weighted by atomic mass is 9.95. The van der Waals surface area contributed by atoms with E-state index in [1.807, 2.05) is 16.7 Å². The van der Waals surface area contributed by atoms with Crippen LogP contribution >= 0.6 is 0 Å². The van der Waals surface area contributed by atoms with Crippen molar-refractivity contribution in [3.8, 4) is 0 Å². The van der Waals surface area contributed by atoms with Crippen molar-refractivity contribution in [1.82, 2.24) is 20.4 Å². The normalized spacial score (nSPS) is 26.4. The number of nitrogens with one attached hydrogen (secondary N) is 2. The maximum atomic E-state index is 12.6. The number of hydrogen-bond donors (Lipinski definition) is 2. The van der Waals surface area contributed by atoms with Gasteiger partial charge >= 0.3 is 12.1 Å². The fourth-order valence-electron chi connectivity index (χ4n) is 4.46. The van der Waals surface area contributed by atoms with Gasteiger partial charge in [0.05, 0.1) is 0 Å². The van der Waals surface area contributed by atoms with Crippen LogP contribution in [0.2, 0.25) is 0 Å². The quantitative estimate of drug-likeness (QED) is 0.804. The Balaban J connectivity index is 1.44. The number of hydrogen-bond acceptors (Lipinski definition) is 2. The second-order valence-electron chi connectivity index (χ2n) is 8.06. The first kappa shape index (κ1) is 18.3. The Kier molecular flexibility index (Phi) is 6.43. The van der Waals surface area contributed by atoms with Gasteiger partial charge < -0.3 is 20.4 Å². The summed E-state index contributed by atoms with van der Waals surface area (Å²) in [6.45, 7) is 3.91.